The smallest absolute Gasteiger partial charge is 0.343 e. The lowest BCUT2D eigenvalue weighted by Crippen LogP contribution is -2.21. The standard InChI is InChI=1S/C19H16N2O3/c20-9-13(14-10-21-15-7-3-1-5-11(14)15)17-18(22)12-6-2-4-8-16(12)24-19(17)23/h1-8,10,13,21-22H,9,20H2. The fourth-order valence-corrected chi connectivity index (χ4v) is 3.24. The molecule has 2 aromatic heterocycles. The molecule has 0 amide bonds. The summed E-state index contributed by atoms with van der Waals surface area (Å²) >= 11 is 0. The molecule has 2 aromatic carbocycles. The van der Waals surface area contributed by atoms with Crippen LogP contribution in [0.1, 0.15) is 17.0 Å². The molecule has 0 spiro atoms. The Kier molecular flexibility index (Phi) is 3.36. The Balaban J connectivity index is 1.99. The predicted molar refractivity (Wildman–Crippen MR) is 93.3 cm³/mol. The summed E-state index contributed by atoms with van der Waals surface area (Å²) in [6.45, 7) is 0.179. The zero-order chi connectivity index (χ0) is 16.7. The highest BCUT2D eigenvalue weighted by Crippen LogP contribution is 2.36. The van der Waals surface area contributed by atoms with Crippen LogP contribution in [0.3, 0.4) is 0 Å². The Bertz CT molecular complexity index is 1090. The minimum atomic E-state index is -0.563. The van der Waals surface area contributed by atoms with E-state index < -0.39 is 11.5 Å². The highest BCUT2D eigenvalue weighted by Gasteiger charge is 2.25. The highest BCUT2D eigenvalue weighted by molar-refractivity contribution is 5.87. The van der Waals surface area contributed by atoms with Crippen molar-refractivity contribution in [2.24, 2.45) is 5.73 Å². The quantitative estimate of drug-likeness (QED) is 0.506. The SMILES string of the molecule is NCC(c1c(O)c2ccccc2oc1=O)c1c[nH]c2ccccc12. The molecular weight excluding hydrogens is 304 g/mol. The second-order valence-electron chi connectivity index (χ2n) is 5.73. The van der Waals surface area contributed by atoms with Crippen LogP contribution in [0.15, 0.2) is 63.9 Å². The molecule has 0 fully saturated rings. The number of aromatic hydroxyl groups is 1. The minimum absolute atomic E-state index is 0.0671. The molecule has 0 aliphatic carbocycles. The number of aromatic nitrogens is 1. The Morgan fingerprint density at radius 2 is 1.79 bits per heavy atom. The van der Waals surface area contributed by atoms with Crippen LogP contribution in [-0.4, -0.2) is 16.6 Å². The lowest BCUT2D eigenvalue weighted by atomic mass is 9.91. The van der Waals surface area contributed by atoms with Gasteiger partial charge in [0, 0.05) is 29.6 Å². The molecule has 0 saturated carbocycles. The molecule has 0 radical (unpaired) electrons. The number of fused-ring (bicyclic) bond motifs is 2. The van der Waals surface area contributed by atoms with Gasteiger partial charge in [0.1, 0.15) is 11.3 Å². The van der Waals surface area contributed by atoms with E-state index >= 15 is 0 Å². The summed E-state index contributed by atoms with van der Waals surface area (Å²) < 4.78 is 5.39. The van der Waals surface area contributed by atoms with Crippen molar-refractivity contribution in [3.8, 4) is 5.75 Å². The van der Waals surface area contributed by atoms with Crippen LogP contribution >= 0.6 is 0 Å². The van der Waals surface area contributed by atoms with Gasteiger partial charge in [0.05, 0.1) is 10.9 Å². The molecule has 0 saturated heterocycles. The van der Waals surface area contributed by atoms with Crippen LogP contribution in [0.5, 0.6) is 5.75 Å². The van der Waals surface area contributed by atoms with Crippen LogP contribution in [-0.2, 0) is 0 Å². The number of hydrogen-bond donors (Lipinski definition) is 3. The molecule has 2 heterocycles. The summed E-state index contributed by atoms with van der Waals surface area (Å²) in [5.41, 5.74) is 7.78. The maximum atomic E-state index is 12.5. The van der Waals surface area contributed by atoms with Crippen molar-refractivity contribution in [2.75, 3.05) is 6.54 Å². The number of benzene rings is 2. The van der Waals surface area contributed by atoms with Crippen molar-refractivity contribution < 1.29 is 9.52 Å². The van der Waals surface area contributed by atoms with Crippen LogP contribution in [0.25, 0.3) is 21.9 Å². The van der Waals surface area contributed by atoms with Gasteiger partial charge in [-0.3, -0.25) is 0 Å². The Labute approximate surface area is 137 Å². The molecular formula is C19H16N2O3. The largest absolute Gasteiger partial charge is 0.507 e. The van der Waals surface area contributed by atoms with E-state index in [0.29, 0.717) is 11.0 Å². The first-order valence-electron chi connectivity index (χ1n) is 7.71. The molecule has 4 N–H and O–H groups in total. The van der Waals surface area contributed by atoms with Crippen LogP contribution in [0.2, 0.25) is 0 Å². The average Bonchev–Trinajstić information content (AvgIpc) is 3.02. The monoisotopic (exact) mass is 320 g/mol. The average molecular weight is 320 g/mol. The lowest BCUT2D eigenvalue weighted by Gasteiger charge is -2.15. The number of aromatic amines is 1. The minimum Gasteiger partial charge on any atom is -0.507 e. The number of para-hydroxylation sites is 2. The van der Waals surface area contributed by atoms with Crippen LogP contribution in [0, 0.1) is 0 Å². The summed E-state index contributed by atoms with van der Waals surface area (Å²) in [5, 5.41) is 12.2. The van der Waals surface area contributed by atoms with Crippen molar-refractivity contribution in [1.82, 2.24) is 4.98 Å². The molecule has 0 bridgehead atoms. The normalized spacial score (nSPS) is 12.7. The molecule has 5 nitrogen and oxygen atoms in total. The molecule has 0 aliphatic heterocycles. The molecule has 5 heteroatoms. The van der Waals surface area contributed by atoms with Gasteiger partial charge in [0.25, 0.3) is 0 Å². The van der Waals surface area contributed by atoms with E-state index in [1.54, 1.807) is 24.3 Å². The van der Waals surface area contributed by atoms with Crippen LogP contribution < -0.4 is 11.4 Å². The summed E-state index contributed by atoms with van der Waals surface area (Å²) in [5.74, 6) is -0.524. The number of nitrogens with one attached hydrogen (secondary N) is 1. The molecule has 24 heavy (non-hydrogen) atoms. The summed E-state index contributed by atoms with van der Waals surface area (Å²) in [7, 11) is 0. The van der Waals surface area contributed by atoms with Gasteiger partial charge in [-0.1, -0.05) is 30.3 Å². The van der Waals surface area contributed by atoms with E-state index in [2.05, 4.69) is 4.98 Å². The zero-order valence-electron chi connectivity index (χ0n) is 12.8. The maximum Gasteiger partial charge on any atom is 0.343 e. The van der Waals surface area contributed by atoms with Crippen molar-refractivity contribution in [1.29, 1.82) is 0 Å². The molecule has 4 aromatic rings. The third kappa shape index (κ3) is 2.10. The fourth-order valence-electron chi connectivity index (χ4n) is 3.24. The first kappa shape index (κ1) is 14.5. The molecule has 120 valence electrons. The Morgan fingerprint density at radius 1 is 1.08 bits per heavy atom. The van der Waals surface area contributed by atoms with Gasteiger partial charge in [0.2, 0.25) is 0 Å². The Hall–Kier alpha value is -3.05. The second kappa shape index (κ2) is 5.54. The number of H-pyrrole nitrogens is 1. The van der Waals surface area contributed by atoms with Crippen LogP contribution in [0.4, 0.5) is 0 Å². The second-order valence-corrected chi connectivity index (χ2v) is 5.73. The summed E-state index contributed by atoms with van der Waals surface area (Å²) in [6, 6.07) is 14.7. The van der Waals surface area contributed by atoms with Crippen molar-refractivity contribution in [3.63, 3.8) is 0 Å². The summed E-state index contributed by atoms with van der Waals surface area (Å²) in [4.78, 5) is 15.7. The zero-order valence-corrected chi connectivity index (χ0v) is 12.8. The van der Waals surface area contributed by atoms with Crippen molar-refractivity contribution in [2.45, 2.75) is 5.92 Å². The predicted octanol–water partition coefficient (Wildman–Crippen LogP) is 3.07. The van der Waals surface area contributed by atoms with E-state index in [0.717, 1.165) is 16.5 Å². The number of hydrogen-bond acceptors (Lipinski definition) is 4. The molecule has 4 rings (SSSR count). The first-order valence-corrected chi connectivity index (χ1v) is 7.71. The van der Waals surface area contributed by atoms with E-state index in [1.807, 2.05) is 30.5 Å². The highest BCUT2D eigenvalue weighted by atomic mass is 16.4. The lowest BCUT2D eigenvalue weighted by molar-refractivity contribution is 0.452. The van der Waals surface area contributed by atoms with Gasteiger partial charge in [-0.05, 0) is 23.8 Å². The van der Waals surface area contributed by atoms with E-state index in [-0.39, 0.29) is 17.9 Å². The molecule has 1 atom stereocenters. The van der Waals surface area contributed by atoms with Gasteiger partial charge in [-0.2, -0.15) is 0 Å². The van der Waals surface area contributed by atoms with Gasteiger partial charge >= 0.3 is 5.63 Å². The van der Waals surface area contributed by atoms with E-state index in [4.69, 9.17) is 10.2 Å². The first-order chi connectivity index (χ1) is 11.7. The third-order valence-corrected chi connectivity index (χ3v) is 4.40. The van der Waals surface area contributed by atoms with Crippen molar-refractivity contribution >= 4 is 21.9 Å². The van der Waals surface area contributed by atoms with Gasteiger partial charge in [-0.15, -0.1) is 0 Å². The fraction of sp³-hybridized carbons (Fsp3) is 0.105. The van der Waals surface area contributed by atoms with E-state index in [1.165, 1.54) is 0 Å². The molecule has 0 aliphatic rings. The van der Waals surface area contributed by atoms with Gasteiger partial charge in [0.15, 0.2) is 0 Å². The number of nitrogens with two attached hydrogens (primary N) is 1. The van der Waals surface area contributed by atoms with Gasteiger partial charge in [-0.25, -0.2) is 4.79 Å². The number of rotatable bonds is 3. The van der Waals surface area contributed by atoms with Gasteiger partial charge < -0.3 is 20.2 Å². The van der Waals surface area contributed by atoms with Crippen molar-refractivity contribution in [3.05, 3.63) is 76.3 Å². The summed E-state index contributed by atoms with van der Waals surface area (Å²) in [6.07, 6.45) is 1.83. The van der Waals surface area contributed by atoms with E-state index in [9.17, 15) is 9.90 Å². The topological polar surface area (TPSA) is 92.2 Å². The third-order valence-electron chi connectivity index (χ3n) is 4.40. The Morgan fingerprint density at radius 3 is 2.58 bits per heavy atom. The molecule has 1 unspecified atom stereocenters. The maximum absolute atomic E-state index is 12.5.